The number of nitrogens with one attached hydrogen (secondary N) is 1. The highest BCUT2D eigenvalue weighted by Gasteiger charge is 2.42. The van der Waals surface area contributed by atoms with Gasteiger partial charge in [-0.1, -0.05) is 50.2 Å². The first-order valence-electron chi connectivity index (χ1n) is 21.2. The first kappa shape index (κ1) is 43.4. The number of aliphatic hydroxyl groups is 2. The lowest BCUT2D eigenvalue weighted by Crippen LogP contribution is -2.56. The smallest absolute Gasteiger partial charge is 0.254 e. The number of fused-ring (bicyclic) bond motifs is 1. The molecule has 4 atom stereocenters. The molecule has 0 bridgehead atoms. The van der Waals surface area contributed by atoms with Crippen LogP contribution in [-0.2, 0) is 15.2 Å². The van der Waals surface area contributed by atoms with Crippen LogP contribution in [-0.4, -0.2) is 102 Å². The van der Waals surface area contributed by atoms with Gasteiger partial charge in [0, 0.05) is 54.5 Å². The molecule has 62 heavy (non-hydrogen) atoms. The molecule has 0 radical (unpaired) electrons. The molecule has 2 saturated heterocycles. The van der Waals surface area contributed by atoms with E-state index in [2.05, 4.69) is 30.6 Å². The Morgan fingerprint density at radius 1 is 1.03 bits per heavy atom. The van der Waals surface area contributed by atoms with Gasteiger partial charge in [-0.25, -0.2) is 4.98 Å². The number of aromatic hydroxyl groups is 1. The molecule has 2 fully saturated rings. The Labute approximate surface area is 368 Å². The van der Waals surface area contributed by atoms with Gasteiger partial charge in [-0.3, -0.25) is 14.5 Å². The second-order valence-corrected chi connectivity index (χ2v) is 18.7. The van der Waals surface area contributed by atoms with E-state index in [4.69, 9.17) is 9.26 Å². The Bertz CT molecular complexity index is 2530. The van der Waals surface area contributed by atoms with Crippen LogP contribution in [0.3, 0.4) is 0 Å². The number of amides is 2. The number of carbonyl (C=O) groups excluding carboxylic acids is 2. The standard InChI is InChI=1S/C46H53N7O7S2/c1-26(2)40(45(57)53-17-14-32(54)22-36(53)43(56)48-28(4)30-10-12-31(13-11-30)41-29(5)47-25-61-41)38-24-39(51-60-38)59-21-20-52-18-15-46(58,16-19-52)42-27(3)34-23-35(49-50-44(34)62-42)33-8-6-7-9-37(33)55/h6-13,23-26,28,32,36,40,54-55,58H,14-22H2,1-5H3,(H,48,56)/t28-,32-,36-,40+/m0/s1. The van der Waals surface area contributed by atoms with E-state index in [1.54, 1.807) is 34.4 Å². The maximum atomic E-state index is 14.3. The molecule has 0 aliphatic carbocycles. The molecule has 0 unspecified atom stereocenters. The number of hydrogen-bond donors (Lipinski definition) is 4. The van der Waals surface area contributed by atoms with Crippen LogP contribution in [0.4, 0.5) is 0 Å². The molecule has 2 aromatic carbocycles. The van der Waals surface area contributed by atoms with Crippen LogP contribution >= 0.6 is 22.7 Å². The third-order valence-corrected chi connectivity index (χ3v) is 14.7. The van der Waals surface area contributed by atoms with Crippen LogP contribution in [0.15, 0.2) is 70.7 Å². The summed E-state index contributed by atoms with van der Waals surface area (Å²) in [4.78, 5) is 39.1. The summed E-state index contributed by atoms with van der Waals surface area (Å²) in [5, 5.41) is 49.8. The zero-order chi connectivity index (χ0) is 43.7. The normalized spacial score (nSPS) is 19.1. The number of thiophene rings is 1. The van der Waals surface area contributed by atoms with Crippen molar-refractivity contribution in [2.24, 2.45) is 5.92 Å². The highest BCUT2D eigenvalue weighted by atomic mass is 32.1. The summed E-state index contributed by atoms with van der Waals surface area (Å²) in [5.41, 5.74) is 5.96. The molecule has 2 aliphatic heterocycles. The van der Waals surface area contributed by atoms with E-state index in [0.29, 0.717) is 62.5 Å². The molecule has 16 heteroatoms. The van der Waals surface area contributed by atoms with E-state index in [1.807, 2.05) is 82.6 Å². The number of aromatic nitrogens is 4. The number of rotatable bonds is 13. The molecule has 326 valence electrons. The SMILES string of the molecule is Cc1ncsc1-c1ccc([C@H](C)NC(=O)[C@@H]2C[C@@H](O)CCN2C(=O)[C@@H](c2cc(OCCN3CCC(O)(c4sc5nnc(-c6ccccc6O)cc5c4C)CC3)no2)C(C)C)cc1. The van der Waals surface area contributed by atoms with Crippen molar-refractivity contribution in [3.63, 3.8) is 0 Å². The van der Waals surface area contributed by atoms with Crippen LogP contribution in [0.5, 0.6) is 11.6 Å². The van der Waals surface area contributed by atoms with Crippen LogP contribution in [0.2, 0.25) is 0 Å². The molecule has 2 aliphatic rings. The predicted molar refractivity (Wildman–Crippen MR) is 238 cm³/mol. The van der Waals surface area contributed by atoms with Crippen LogP contribution < -0.4 is 10.1 Å². The number of aryl methyl sites for hydroxylation is 2. The Balaban J connectivity index is 0.859. The first-order chi connectivity index (χ1) is 29.8. The number of hydrogen-bond acceptors (Lipinski definition) is 14. The molecule has 0 saturated carbocycles. The Morgan fingerprint density at radius 2 is 1.79 bits per heavy atom. The average molecular weight is 880 g/mol. The van der Waals surface area contributed by atoms with Gasteiger partial charge in [0.1, 0.15) is 34.7 Å². The van der Waals surface area contributed by atoms with Crippen molar-refractivity contribution in [3.8, 4) is 33.3 Å². The number of carbonyl (C=O) groups is 2. The van der Waals surface area contributed by atoms with Crippen molar-refractivity contribution in [2.45, 2.75) is 90.0 Å². The minimum Gasteiger partial charge on any atom is -0.507 e. The van der Waals surface area contributed by atoms with Gasteiger partial charge in [0.2, 0.25) is 11.8 Å². The minimum absolute atomic E-state index is 0.136. The number of para-hydroxylation sites is 1. The maximum absolute atomic E-state index is 14.3. The second kappa shape index (κ2) is 18.2. The van der Waals surface area contributed by atoms with Gasteiger partial charge in [-0.05, 0) is 86.0 Å². The molecular weight excluding hydrogens is 827 g/mol. The molecule has 2 amide bonds. The van der Waals surface area contributed by atoms with Crippen molar-refractivity contribution in [1.82, 2.24) is 35.5 Å². The van der Waals surface area contributed by atoms with Crippen molar-refractivity contribution >= 4 is 44.7 Å². The monoisotopic (exact) mass is 879 g/mol. The van der Waals surface area contributed by atoms with Crippen molar-refractivity contribution < 1.29 is 34.2 Å². The summed E-state index contributed by atoms with van der Waals surface area (Å²) < 4.78 is 11.8. The maximum Gasteiger partial charge on any atom is 0.254 e. The van der Waals surface area contributed by atoms with Crippen molar-refractivity contribution in [3.05, 3.63) is 93.6 Å². The Hall–Kier alpha value is -5.26. The summed E-state index contributed by atoms with van der Waals surface area (Å²) in [5.74, 6) is -0.710. The lowest BCUT2D eigenvalue weighted by Gasteiger charge is -2.39. The van der Waals surface area contributed by atoms with Gasteiger partial charge in [-0.2, -0.15) is 0 Å². The minimum atomic E-state index is -1.00. The molecule has 6 aromatic rings. The number of phenols is 1. The van der Waals surface area contributed by atoms with E-state index in [1.165, 1.54) is 11.3 Å². The average Bonchev–Trinajstić information content (AvgIpc) is 4.00. The van der Waals surface area contributed by atoms with E-state index < -0.39 is 23.7 Å². The van der Waals surface area contributed by atoms with Gasteiger partial charge in [0.15, 0.2) is 5.76 Å². The fourth-order valence-corrected chi connectivity index (χ4v) is 10.8. The number of aliphatic hydroxyl groups excluding tert-OH is 1. The van der Waals surface area contributed by atoms with Gasteiger partial charge >= 0.3 is 0 Å². The third-order valence-electron chi connectivity index (χ3n) is 12.3. The van der Waals surface area contributed by atoms with E-state index in [0.717, 1.165) is 42.4 Å². The second-order valence-electron chi connectivity index (χ2n) is 16.9. The number of nitrogens with zero attached hydrogens (tertiary/aromatic N) is 6. The fraction of sp³-hybridized carbons (Fsp3) is 0.435. The van der Waals surface area contributed by atoms with Crippen LogP contribution in [0, 0.1) is 19.8 Å². The molecule has 8 rings (SSSR count). The number of phenolic OH excluding ortho intramolecular Hbond substituents is 1. The third kappa shape index (κ3) is 8.97. The van der Waals surface area contributed by atoms with Gasteiger partial charge in [0.25, 0.3) is 5.88 Å². The van der Waals surface area contributed by atoms with Crippen molar-refractivity contribution in [1.29, 1.82) is 0 Å². The van der Waals surface area contributed by atoms with Crippen LogP contribution in [0.1, 0.15) is 85.9 Å². The van der Waals surface area contributed by atoms with Crippen LogP contribution in [0.25, 0.3) is 31.9 Å². The molecule has 6 heterocycles. The molecule has 4 aromatic heterocycles. The summed E-state index contributed by atoms with van der Waals surface area (Å²) in [7, 11) is 0. The highest BCUT2D eigenvalue weighted by Crippen LogP contribution is 2.43. The molecule has 0 spiro atoms. The Kier molecular flexibility index (Phi) is 12.8. The lowest BCUT2D eigenvalue weighted by atomic mass is 9.87. The number of piperidine rings is 2. The molecule has 14 nitrogen and oxygen atoms in total. The van der Waals surface area contributed by atoms with E-state index >= 15 is 0 Å². The van der Waals surface area contributed by atoms with Gasteiger partial charge in [0.05, 0.1) is 33.9 Å². The molecular formula is C46H53N7O7S2. The summed E-state index contributed by atoms with van der Waals surface area (Å²) in [6, 6.07) is 17.5. The van der Waals surface area contributed by atoms with Gasteiger partial charge in [-0.15, -0.1) is 32.9 Å². The highest BCUT2D eigenvalue weighted by molar-refractivity contribution is 7.19. The molecule has 4 N–H and O–H groups in total. The largest absolute Gasteiger partial charge is 0.507 e. The first-order valence-corrected chi connectivity index (χ1v) is 22.9. The number of benzene rings is 2. The zero-order valence-electron chi connectivity index (χ0n) is 35.6. The number of likely N-dealkylation sites (tertiary alicyclic amines) is 2. The topological polar surface area (TPSA) is 187 Å². The lowest BCUT2D eigenvalue weighted by molar-refractivity contribution is -0.147. The number of ether oxygens (including phenoxy) is 1. The van der Waals surface area contributed by atoms with E-state index in [9.17, 15) is 24.9 Å². The zero-order valence-corrected chi connectivity index (χ0v) is 37.2. The predicted octanol–water partition coefficient (Wildman–Crippen LogP) is 7.12. The van der Waals surface area contributed by atoms with Crippen molar-refractivity contribution in [2.75, 3.05) is 32.8 Å². The summed E-state index contributed by atoms with van der Waals surface area (Å²) >= 11 is 3.05. The van der Waals surface area contributed by atoms with E-state index in [-0.39, 0.29) is 48.4 Å². The number of thiazole rings is 1. The quantitative estimate of drug-likeness (QED) is 0.0922. The summed E-state index contributed by atoms with van der Waals surface area (Å²) in [6.07, 6.45) is 0.881. The van der Waals surface area contributed by atoms with Gasteiger partial charge < -0.3 is 34.8 Å². The fourth-order valence-electron chi connectivity index (χ4n) is 8.69. The Morgan fingerprint density at radius 3 is 2.50 bits per heavy atom. The summed E-state index contributed by atoms with van der Waals surface area (Å²) in [6.45, 7) is 12.2.